The highest BCUT2D eigenvalue weighted by atomic mass is 32.1. The number of hydrogen-bond acceptors (Lipinski definition) is 8. The zero-order valence-electron chi connectivity index (χ0n) is 18.8. The van der Waals surface area contributed by atoms with Crippen molar-refractivity contribution in [1.29, 1.82) is 0 Å². The minimum Gasteiger partial charge on any atom is -0.335 e. The average molecular weight is 480 g/mol. The fourth-order valence-corrected chi connectivity index (χ4v) is 6.32. The third kappa shape index (κ3) is 3.14. The van der Waals surface area contributed by atoms with Gasteiger partial charge in [0.05, 0.1) is 10.3 Å². The minimum absolute atomic E-state index is 0.0280. The molecule has 0 unspecified atom stereocenters. The van der Waals surface area contributed by atoms with Crippen LogP contribution in [0.3, 0.4) is 0 Å². The van der Waals surface area contributed by atoms with Crippen LogP contribution in [0, 0.1) is 6.92 Å². The second-order valence-electron chi connectivity index (χ2n) is 9.42. The van der Waals surface area contributed by atoms with Crippen molar-refractivity contribution >= 4 is 44.9 Å². The third-order valence-corrected chi connectivity index (χ3v) is 8.08. The molecule has 34 heavy (non-hydrogen) atoms. The Kier molecular flexibility index (Phi) is 4.75. The smallest absolute Gasteiger partial charge is 0.276 e. The summed E-state index contributed by atoms with van der Waals surface area (Å²) in [7, 11) is 0. The molecule has 3 aromatic heterocycles. The van der Waals surface area contributed by atoms with E-state index in [1.54, 1.807) is 21.6 Å². The molecule has 3 aliphatic rings. The zero-order chi connectivity index (χ0) is 23.6. The SMILES string of the molecule is Cc1cc(Nc2ncnc3sc(C(=O)N4CC(N)C4)cc23)c(=O)n2c1C(=O)NC21CCCCC1. The first-order chi connectivity index (χ1) is 16.4. The number of fused-ring (bicyclic) bond motifs is 3. The van der Waals surface area contributed by atoms with E-state index in [1.807, 2.05) is 6.92 Å². The molecule has 6 rings (SSSR count). The average Bonchev–Trinajstić information content (AvgIpc) is 3.35. The molecule has 0 bridgehead atoms. The van der Waals surface area contributed by atoms with Crippen molar-refractivity contribution in [1.82, 2.24) is 24.8 Å². The summed E-state index contributed by atoms with van der Waals surface area (Å²) in [5.41, 5.74) is 6.40. The van der Waals surface area contributed by atoms with Gasteiger partial charge in [0.1, 0.15) is 34.0 Å². The molecule has 1 saturated heterocycles. The number of pyridine rings is 1. The maximum absolute atomic E-state index is 13.6. The van der Waals surface area contributed by atoms with Crippen LogP contribution in [0.1, 0.15) is 57.8 Å². The minimum atomic E-state index is -0.661. The Morgan fingerprint density at radius 3 is 2.71 bits per heavy atom. The van der Waals surface area contributed by atoms with Gasteiger partial charge in [-0.2, -0.15) is 0 Å². The normalized spacial score (nSPS) is 19.2. The maximum Gasteiger partial charge on any atom is 0.276 e. The van der Waals surface area contributed by atoms with Crippen molar-refractivity contribution in [3.8, 4) is 0 Å². The Morgan fingerprint density at radius 1 is 1.21 bits per heavy atom. The number of likely N-dealkylation sites (tertiary alicyclic amines) is 1. The molecule has 0 atom stereocenters. The van der Waals surface area contributed by atoms with Gasteiger partial charge in [0.2, 0.25) is 0 Å². The van der Waals surface area contributed by atoms with Crippen LogP contribution in [-0.2, 0) is 5.66 Å². The van der Waals surface area contributed by atoms with Gasteiger partial charge in [-0.05, 0) is 50.3 Å². The van der Waals surface area contributed by atoms with E-state index in [0.717, 1.165) is 37.7 Å². The monoisotopic (exact) mass is 479 g/mol. The Hall–Kier alpha value is -3.31. The summed E-state index contributed by atoms with van der Waals surface area (Å²) in [5, 5.41) is 6.95. The lowest BCUT2D eigenvalue weighted by molar-refractivity contribution is 0.0613. The van der Waals surface area contributed by atoms with Crippen molar-refractivity contribution in [3.63, 3.8) is 0 Å². The third-order valence-electron chi connectivity index (χ3n) is 7.05. The molecular weight excluding hydrogens is 454 g/mol. The van der Waals surface area contributed by atoms with Gasteiger partial charge in [-0.25, -0.2) is 9.97 Å². The second kappa shape index (κ2) is 7.60. The molecule has 1 aliphatic carbocycles. The first-order valence-electron chi connectivity index (χ1n) is 11.5. The molecule has 0 aromatic carbocycles. The number of hydrogen-bond donors (Lipinski definition) is 3. The van der Waals surface area contributed by atoms with Crippen LogP contribution >= 0.6 is 11.3 Å². The predicted molar refractivity (Wildman–Crippen MR) is 129 cm³/mol. The van der Waals surface area contributed by atoms with Gasteiger partial charge in [0.15, 0.2) is 0 Å². The molecule has 1 spiro atoms. The van der Waals surface area contributed by atoms with Crippen molar-refractivity contribution in [2.24, 2.45) is 5.73 Å². The van der Waals surface area contributed by atoms with Crippen molar-refractivity contribution in [2.45, 2.75) is 50.7 Å². The number of nitrogens with one attached hydrogen (secondary N) is 2. The van der Waals surface area contributed by atoms with E-state index in [0.29, 0.717) is 45.4 Å². The number of nitrogens with two attached hydrogens (primary N) is 1. The number of rotatable bonds is 3. The van der Waals surface area contributed by atoms with Gasteiger partial charge in [-0.15, -0.1) is 11.3 Å². The summed E-state index contributed by atoms with van der Waals surface area (Å²) < 4.78 is 1.65. The van der Waals surface area contributed by atoms with Gasteiger partial charge in [-0.1, -0.05) is 6.42 Å². The van der Waals surface area contributed by atoms with E-state index < -0.39 is 5.66 Å². The number of anilines is 2. The van der Waals surface area contributed by atoms with Crippen LogP contribution in [0.4, 0.5) is 11.5 Å². The first-order valence-corrected chi connectivity index (χ1v) is 12.3. The van der Waals surface area contributed by atoms with Crippen LogP contribution in [0.25, 0.3) is 10.2 Å². The molecule has 10 nitrogen and oxygen atoms in total. The second-order valence-corrected chi connectivity index (χ2v) is 10.5. The largest absolute Gasteiger partial charge is 0.335 e. The van der Waals surface area contributed by atoms with Gasteiger partial charge in [0, 0.05) is 19.1 Å². The lowest BCUT2D eigenvalue weighted by Gasteiger charge is -2.36. The highest BCUT2D eigenvalue weighted by molar-refractivity contribution is 7.20. The topological polar surface area (TPSA) is 135 Å². The van der Waals surface area contributed by atoms with Crippen molar-refractivity contribution < 1.29 is 9.59 Å². The van der Waals surface area contributed by atoms with Gasteiger partial charge in [0.25, 0.3) is 17.4 Å². The number of thiophene rings is 1. The van der Waals surface area contributed by atoms with E-state index in [-0.39, 0.29) is 23.4 Å². The van der Waals surface area contributed by atoms with Crippen LogP contribution < -0.4 is 21.9 Å². The summed E-state index contributed by atoms with van der Waals surface area (Å²) in [4.78, 5) is 50.8. The Bertz CT molecular complexity index is 1400. The van der Waals surface area contributed by atoms with Crippen molar-refractivity contribution in [3.05, 3.63) is 44.9 Å². The van der Waals surface area contributed by atoms with Crippen LogP contribution in [0.15, 0.2) is 23.3 Å². The van der Waals surface area contributed by atoms with E-state index in [2.05, 4.69) is 20.6 Å². The van der Waals surface area contributed by atoms with Gasteiger partial charge in [-0.3, -0.25) is 19.0 Å². The summed E-state index contributed by atoms with van der Waals surface area (Å²) in [6, 6.07) is 3.49. The molecule has 2 fully saturated rings. The first kappa shape index (κ1) is 21.2. The summed E-state index contributed by atoms with van der Waals surface area (Å²) >= 11 is 1.29. The standard InChI is InChI=1S/C23H25N7O3S/c1-12-7-15(21(32)30-17(12)19(31)28-23(30)5-3-2-4-6-23)27-18-14-8-16(34-20(14)26-11-25-18)22(33)29-9-13(24)10-29/h7-8,11,13H,2-6,9-10,24H2,1H3,(H,28,31)(H,25,26,27). The molecule has 5 heterocycles. The quantitative estimate of drug-likeness (QED) is 0.523. The number of aryl methyl sites for hydroxylation is 1. The highest BCUT2D eigenvalue weighted by Gasteiger charge is 2.45. The van der Waals surface area contributed by atoms with Crippen molar-refractivity contribution in [2.75, 3.05) is 18.4 Å². The maximum atomic E-state index is 13.6. The number of nitrogens with zero attached hydrogens (tertiary/aromatic N) is 4. The predicted octanol–water partition coefficient (Wildman–Crippen LogP) is 2.05. The number of carbonyl (C=O) groups excluding carboxylic acids is 2. The molecule has 3 aromatic rings. The van der Waals surface area contributed by atoms with E-state index >= 15 is 0 Å². The summed E-state index contributed by atoms with van der Waals surface area (Å²) in [6.07, 6.45) is 5.91. The molecule has 4 N–H and O–H groups in total. The Labute approximate surface area is 199 Å². The lowest BCUT2D eigenvalue weighted by atomic mass is 9.89. The summed E-state index contributed by atoms with van der Waals surface area (Å²) in [6.45, 7) is 2.93. The number of aromatic nitrogens is 3. The Morgan fingerprint density at radius 2 is 1.97 bits per heavy atom. The number of amides is 2. The fraction of sp³-hybridized carbons (Fsp3) is 0.435. The van der Waals surface area contributed by atoms with E-state index in [9.17, 15) is 14.4 Å². The molecule has 0 radical (unpaired) electrons. The highest BCUT2D eigenvalue weighted by Crippen LogP contribution is 2.38. The van der Waals surface area contributed by atoms with E-state index in [4.69, 9.17) is 5.73 Å². The molecule has 1 saturated carbocycles. The van der Waals surface area contributed by atoms with E-state index in [1.165, 1.54) is 17.7 Å². The lowest BCUT2D eigenvalue weighted by Crippen LogP contribution is -2.57. The van der Waals surface area contributed by atoms with Crippen LogP contribution in [0.5, 0.6) is 0 Å². The van der Waals surface area contributed by atoms with Gasteiger partial charge < -0.3 is 21.3 Å². The molecule has 176 valence electrons. The molecular formula is C23H25N7O3S. The molecule has 11 heteroatoms. The Balaban J connectivity index is 1.40. The fourth-order valence-electron chi connectivity index (χ4n) is 5.36. The zero-order valence-corrected chi connectivity index (χ0v) is 19.6. The summed E-state index contributed by atoms with van der Waals surface area (Å²) in [5.74, 6) is 0.180. The van der Waals surface area contributed by atoms with Crippen LogP contribution in [-0.4, -0.2) is 50.4 Å². The molecule has 2 amide bonds. The van der Waals surface area contributed by atoms with Gasteiger partial charge >= 0.3 is 0 Å². The molecule has 2 aliphatic heterocycles. The van der Waals surface area contributed by atoms with Crippen LogP contribution in [0.2, 0.25) is 0 Å². The number of carbonyl (C=O) groups is 2.